The Hall–Kier alpha value is -0.280. The van der Waals surface area contributed by atoms with E-state index in [4.69, 9.17) is 16.3 Å². The molecule has 1 rings (SSSR count). The summed E-state index contributed by atoms with van der Waals surface area (Å²) in [6, 6.07) is 3.13. The number of benzene rings is 1. The Balaban J connectivity index is 3.25. The SMILES string of the molecule is COc1ccc(Br)c(F)c1Cl. The second-order valence-corrected chi connectivity index (χ2v) is 3.11. The fourth-order valence-corrected chi connectivity index (χ4v) is 1.35. The van der Waals surface area contributed by atoms with E-state index in [2.05, 4.69) is 15.9 Å². The van der Waals surface area contributed by atoms with Crippen LogP contribution in [0.15, 0.2) is 16.6 Å². The predicted molar refractivity (Wildman–Crippen MR) is 45.7 cm³/mol. The van der Waals surface area contributed by atoms with Crippen molar-refractivity contribution in [2.24, 2.45) is 0 Å². The van der Waals surface area contributed by atoms with Gasteiger partial charge >= 0.3 is 0 Å². The highest BCUT2D eigenvalue weighted by Crippen LogP contribution is 2.31. The molecule has 1 nitrogen and oxygen atoms in total. The third-order valence-electron chi connectivity index (χ3n) is 1.22. The van der Waals surface area contributed by atoms with Gasteiger partial charge in [-0.3, -0.25) is 0 Å². The molecular formula is C7H5BrClFO. The maximum absolute atomic E-state index is 12.9. The largest absolute Gasteiger partial charge is 0.495 e. The summed E-state index contributed by atoms with van der Waals surface area (Å²) in [5.41, 5.74) is 0. The van der Waals surface area contributed by atoms with Crippen molar-refractivity contribution in [2.75, 3.05) is 7.11 Å². The van der Waals surface area contributed by atoms with Gasteiger partial charge in [-0.05, 0) is 28.1 Å². The molecule has 0 saturated carbocycles. The average Bonchev–Trinajstić information content (AvgIpc) is 2.01. The summed E-state index contributed by atoms with van der Waals surface area (Å²) in [5, 5.41) is 0.00174. The fourth-order valence-electron chi connectivity index (χ4n) is 0.666. The van der Waals surface area contributed by atoms with E-state index in [9.17, 15) is 4.39 Å². The van der Waals surface area contributed by atoms with Gasteiger partial charge < -0.3 is 4.74 Å². The Morgan fingerprint density at radius 1 is 1.55 bits per heavy atom. The third-order valence-corrected chi connectivity index (χ3v) is 2.18. The van der Waals surface area contributed by atoms with Crippen LogP contribution in [0.25, 0.3) is 0 Å². The molecule has 0 atom stereocenters. The second kappa shape index (κ2) is 3.41. The zero-order chi connectivity index (χ0) is 8.43. The van der Waals surface area contributed by atoms with Crippen LogP contribution in [-0.4, -0.2) is 7.11 Å². The number of ether oxygens (including phenoxy) is 1. The maximum atomic E-state index is 12.9. The summed E-state index contributed by atoms with van der Waals surface area (Å²) in [6.45, 7) is 0. The Morgan fingerprint density at radius 3 is 2.73 bits per heavy atom. The van der Waals surface area contributed by atoms with E-state index < -0.39 is 5.82 Å². The third kappa shape index (κ3) is 1.65. The van der Waals surface area contributed by atoms with Crippen LogP contribution in [0.3, 0.4) is 0 Å². The predicted octanol–water partition coefficient (Wildman–Crippen LogP) is 3.25. The maximum Gasteiger partial charge on any atom is 0.159 e. The molecule has 0 heterocycles. The van der Waals surface area contributed by atoms with Crippen LogP contribution in [0.5, 0.6) is 5.75 Å². The molecule has 0 radical (unpaired) electrons. The van der Waals surface area contributed by atoms with Gasteiger partial charge in [0.1, 0.15) is 10.8 Å². The molecule has 0 unspecified atom stereocenters. The molecule has 1 aromatic carbocycles. The zero-order valence-electron chi connectivity index (χ0n) is 5.70. The quantitative estimate of drug-likeness (QED) is 0.684. The monoisotopic (exact) mass is 238 g/mol. The normalized spacial score (nSPS) is 9.82. The van der Waals surface area contributed by atoms with Crippen molar-refractivity contribution in [1.29, 1.82) is 0 Å². The molecule has 0 spiro atoms. The van der Waals surface area contributed by atoms with Gasteiger partial charge in [0.2, 0.25) is 0 Å². The first-order chi connectivity index (χ1) is 5.16. The minimum Gasteiger partial charge on any atom is -0.495 e. The van der Waals surface area contributed by atoms with Crippen molar-refractivity contribution in [1.82, 2.24) is 0 Å². The Morgan fingerprint density at radius 2 is 2.18 bits per heavy atom. The van der Waals surface area contributed by atoms with Crippen molar-refractivity contribution in [3.8, 4) is 5.75 Å². The molecule has 0 aliphatic rings. The molecule has 11 heavy (non-hydrogen) atoms. The summed E-state index contributed by atoms with van der Waals surface area (Å²) in [7, 11) is 1.44. The highest BCUT2D eigenvalue weighted by molar-refractivity contribution is 9.10. The van der Waals surface area contributed by atoms with Gasteiger partial charge in [-0.1, -0.05) is 11.6 Å². The number of halogens is 3. The summed E-state index contributed by atoms with van der Waals surface area (Å²) < 4.78 is 18.0. The lowest BCUT2D eigenvalue weighted by atomic mass is 10.3. The van der Waals surface area contributed by atoms with Crippen molar-refractivity contribution >= 4 is 27.5 Å². The van der Waals surface area contributed by atoms with Gasteiger partial charge in [-0.2, -0.15) is 0 Å². The van der Waals surface area contributed by atoms with Crippen LogP contribution in [0.4, 0.5) is 4.39 Å². The van der Waals surface area contributed by atoms with Crippen LogP contribution < -0.4 is 4.74 Å². The molecule has 4 heteroatoms. The van der Waals surface area contributed by atoms with Crippen molar-refractivity contribution < 1.29 is 9.13 Å². The zero-order valence-corrected chi connectivity index (χ0v) is 8.04. The van der Waals surface area contributed by atoms with Gasteiger partial charge in [0.25, 0.3) is 0 Å². The highest BCUT2D eigenvalue weighted by atomic mass is 79.9. The highest BCUT2D eigenvalue weighted by Gasteiger charge is 2.09. The number of rotatable bonds is 1. The van der Waals surface area contributed by atoms with Crippen LogP contribution >= 0.6 is 27.5 Å². The Labute approximate surface area is 77.2 Å². The topological polar surface area (TPSA) is 9.23 Å². The average molecular weight is 239 g/mol. The molecule has 0 bridgehead atoms. The van der Waals surface area contributed by atoms with Crippen molar-refractivity contribution in [2.45, 2.75) is 0 Å². The van der Waals surface area contributed by atoms with Gasteiger partial charge in [-0.15, -0.1) is 0 Å². The summed E-state index contributed by atoms with van der Waals surface area (Å²) in [6.07, 6.45) is 0. The minimum atomic E-state index is -0.494. The Bertz CT molecular complexity index is 277. The first-order valence-corrected chi connectivity index (χ1v) is 4.01. The van der Waals surface area contributed by atoms with E-state index >= 15 is 0 Å². The molecule has 0 aromatic heterocycles. The summed E-state index contributed by atoms with van der Waals surface area (Å²) >= 11 is 8.56. The van der Waals surface area contributed by atoms with Crippen LogP contribution in [0.1, 0.15) is 0 Å². The van der Waals surface area contributed by atoms with Crippen molar-refractivity contribution in [3.63, 3.8) is 0 Å². The number of methoxy groups -OCH3 is 1. The van der Waals surface area contributed by atoms with Gasteiger partial charge in [-0.25, -0.2) is 4.39 Å². The standard InChI is InChI=1S/C7H5BrClFO/c1-11-5-3-2-4(8)7(10)6(5)9/h2-3H,1H3. The van der Waals surface area contributed by atoms with E-state index in [0.29, 0.717) is 10.2 Å². The molecule has 0 saturated heterocycles. The number of hydrogen-bond acceptors (Lipinski definition) is 1. The molecule has 0 aliphatic carbocycles. The smallest absolute Gasteiger partial charge is 0.159 e. The van der Waals surface area contributed by atoms with Crippen molar-refractivity contribution in [3.05, 3.63) is 27.4 Å². The van der Waals surface area contributed by atoms with Crippen LogP contribution in [0.2, 0.25) is 5.02 Å². The molecule has 1 aromatic rings. The van der Waals surface area contributed by atoms with Crippen LogP contribution in [0, 0.1) is 5.82 Å². The van der Waals surface area contributed by atoms with E-state index in [1.54, 1.807) is 12.1 Å². The van der Waals surface area contributed by atoms with Gasteiger partial charge in [0.05, 0.1) is 11.6 Å². The summed E-state index contributed by atoms with van der Waals surface area (Å²) in [4.78, 5) is 0. The second-order valence-electron chi connectivity index (χ2n) is 1.88. The van der Waals surface area contributed by atoms with Crippen LogP contribution in [-0.2, 0) is 0 Å². The van der Waals surface area contributed by atoms with Gasteiger partial charge in [0, 0.05) is 0 Å². The first kappa shape index (κ1) is 8.81. The van der Waals surface area contributed by atoms with E-state index in [1.807, 2.05) is 0 Å². The molecule has 0 fully saturated rings. The minimum absolute atomic E-state index is 0.00174. The molecule has 0 aliphatic heterocycles. The molecular weight excluding hydrogens is 234 g/mol. The summed E-state index contributed by atoms with van der Waals surface area (Å²) in [5.74, 6) is -0.154. The Kier molecular flexibility index (Phi) is 2.73. The van der Waals surface area contributed by atoms with Gasteiger partial charge in [0.15, 0.2) is 5.82 Å². The lowest BCUT2D eigenvalue weighted by Crippen LogP contribution is -1.87. The first-order valence-electron chi connectivity index (χ1n) is 2.84. The number of hydrogen-bond donors (Lipinski definition) is 0. The van der Waals surface area contributed by atoms with E-state index in [0.717, 1.165) is 0 Å². The lowest BCUT2D eigenvalue weighted by Gasteiger charge is -2.03. The fraction of sp³-hybridized carbons (Fsp3) is 0.143. The van der Waals surface area contributed by atoms with E-state index in [1.165, 1.54) is 7.11 Å². The molecule has 60 valence electrons. The molecule has 0 N–H and O–H groups in total. The van der Waals surface area contributed by atoms with E-state index in [-0.39, 0.29) is 5.02 Å². The lowest BCUT2D eigenvalue weighted by molar-refractivity contribution is 0.411. The molecule has 0 amide bonds.